The third-order valence-electron chi connectivity index (χ3n) is 4.07. The largest absolute Gasteiger partial charge is 0.493 e. The van der Waals surface area contributed by atoms with Gasteiger partial charge in [0.25, 0.3) is 5.91 Å². The number of nitrogens with one attached hydrogen (secondary N) is 1. The summed E-state index contributed by atoms with van der Waals surface area (Å²) >= 11 is 0. The summed E-state index contributed by atoms with van der Waals surface area (Å²) < 4.78 is 10.5. The standard InChI is InChI=1S/C21H20N2O3/c1-25-18-11-10-16(13-19(18)26-2)21(24)23-20(15-7-4-3-5-8-15)17-9-6-12-22-14-17/h3-14,20H,1-2H3,(H,23,24). The normalized spacial score (nSPS) is 11.5. The van der Waals surface area contributed by atoms with Crippen molar-refractivity contribution in [2.24, 2.45) is 0 Å². The molecule has 1 amide bonds. The minimum Gasteiger partial charge on any atom is -0.493 e. The Hall–Kier alpha value is -3.34. The highest BCUT2D eigenvalue weighted by molar-refractivity contribution is 5.95. The van der Waals surface area contributed by atoms with Gasteiger partial charge in [0.05, 0.1) is 20.3 Å². The van der Waals surface area contributed by atoms with Gasteiger partial charge in [-0.2, -0.15) is 0 Å². The van der Waals surface area contributed by atoms with E-state index in [1.54, 1.807) is 44.8 Å². The lowest BCUT2D eigenvalue weighted by Crippen LogP contribution is -2.29. The van der Waals surface area contributed by atoms with E-state index >= 15 is 0 Å². The van der Waals surface area contributed by atoms with E-state index in [0.717, 1.165) is 11.1 Å². The van der Waals surface area contributed by atoms with E-state index in [2.05, 4.69) is 10.3 Å². The molecule has 0 saturated carbocycles. The third-order valence-corrected chi connectivity index (χ3v) is 4.07. The molecule has 132 valence electrons. The number of methoxy groups -OCH3 is 2. The summed E-state index contributed by atoms with van der Waals surface area (Å²) in [5.74, 6) is 0.886. The van der Waals surface area contributed by atoms with Crippen LogP contribution < -0.4 is 14.8 Å². The topological polar surface area (TPSA) is 60.5 Å². The summed E-state index contributed by atoms with van der Waals surface area (Å²) in [5.41, 5.74) is 2.38. The Morgan fingerprint density at radius 2 is 1.65 bits per heavy atom. The fraction of sp³-hybridized carbons (Fsp3) is 0.143. The molecule has 0 spiro atoms. The molecule has 0 bridgehead atoms. The van der Waals surface area contributed by atoms with Crippen LogP contribution in [0, 0.1) is 0 Å². The molecule has 1 heterocycles. The molecule has 0 saturated heterocycles. The van der Waals surface area contributed by atoms with Gasteiger partial charge >= 0.3 is 0 Å². The summed E-state index contributed by atoms with van der Waals surface area (Å²) in [4.78, 5) is 17.0. The molecular formula is C21H20N2O3. The van der Waals surface area contributed by atoms with Gasteiger partial charge in [-0.3, -0.25) is 9.78 Å². The number of carbonyl (C=O) groups excluding carboxylic acids is 1. The van der Waals surface area contributed by atoms with E-state index in [1.807, 2.05) is 42.5 Å². The molecule has 0 fully saturated rings. The number of hydrogen-bond donors (Lipinski definition) is 1. The number of benzene rings is 2. The van der Waals surface area contributed by atoms with Gasteiger partial charge in [-0.25, -0.2) is 0 Å². The van der Waals surface area contributed by atoms with E-state index in [0.29, 0.717) is 17.1 Å². The Kier molecular flexibility index (Phi) is 5.49. The van der Waals surface area contributed by atoms with E-state index in [1.165, 1.54) is 0 Å². The predicted molar refractivity (Wildman–Crippen MR) is 99.5 cm³/mol. The zero-order chi connectivity index (χ0) is 18.4. The third kappa shape index (κ3) is 3.83. The molecule has 3 aromatic rings. The van der Waals surface area contributed by atoms with Crippen LogP contribution in [0.4, 0.5) is 0 Å². The number of nitrogens with zero attached hydrogens (tertiary/aromatic N) is 1. The summed E-state index contributed by atoms with van der Waals surface area (Å²) in [6, 6.07) is 18.4. The maximum atomic E-state index is 12.8. The second kappa shape index (κ2) is 8.16. The van der Waals surface area contributed by atoms with Gasteiger partial charge in [-0.15, -0.1) is 0 Å². The Labute approximate surface area is 152 Å². The number of aromatic nitrogens is 1. The van der Waals surface area contributed by atoms with Crippen LogP contribution in [0.3, 0.4) is 0 Å². The van der Waals surface area contributed by atoms with Crippen LogP contribution in [0.2, 0.25) is 0 Å². The van der Waals surface area contributed by atoms with Crippen molar-refractivity contribution < 1.29 is 14.3 Å². The predicted octanol–water partition coefficient (Wildman–Crippen LogP) is 3.62. The van der Waals surface area contributed by atoms with Crippen LogP contribution in [-0.2, 0) is 0 Å². The van der Waals surface area contributed by atoms with Gasteiger partial charge in [0, 0.05) is 18.0 Å². The first-order valence-electron chi connectivity index (χ1n) is 8.20. The molecule has 2 aromatic carbocycles. The van der Waals surface area contributed by atoms with Crippen LogP contribution in [0.25, 0.3) is 0 Å². The number of hydrogen-bond acceptors (Lipinski definition) is 4. The average Bonchev–Trinajstić information content (AvgIpc) is 2.72. The van der Waals surface area contributed by atoms with Crippen LogP contribution in [0.15, 0.2) is 73.1 Å². The quantitative estimate of drug-likeness (QED) is 0.739. The van der Waals surface area contributed by atoms with Gasteiger partial charge in [-0.1, -0.05) is 36.4 Å². The van der Waals surface area contributed by atoms with Gasteiger partial charge in [0.2, 0.25) is 0 Å². The van der Waals surface area contributed by atoms with Crippen molar-refractivity contribution in [3.05, 3.63) is 89.7 Å². The number of carbonyl (C=O) groups is 1. The molecule has 1 atom stereocenters. The molecule has 1 N–H and O–H groups in total. The smallest absolute Gasteiger partial charge is 0.252 e. The van der Waals surface area contributed by atoms with E-state index in [9.17, 15) is 4.79 Å². The highest BCUT2D eigenvalue weighted by Crippen LogP contribution is 2.28. The number of amides is 1. The lowest BCUT2D eigenvalue weighted by Gasteiger charge is -2.20. The van der Waals surface area contributed by atoms with Crippen LogP contribution in [0.1, 0.15) is 27.5 Å². The molecule has 1 aromatic heterocycles. The van der Waals surface area contributed by atoms with E-state index in [4.69, 9.17) is 9.47 Å². The van der Waals surface area contributed by atoms with E-state index < -0.39 is 0 Å². The molecule has 1 unspecified atom stereocenters. The minimum atomic E-state index is -0.300. The molecule has 3 rings (SSSR count). The number of pyridine rings is 1. The zero-order valence-corrected chi connectivity index (χ0v) is 14.7. The Balaban J connectivity index is 1.91. The van der Waals surface area contributed by atoms with Crippen molar-refractivity contribution in [1.82, 2.24) is 10.3 Å². The lowest BCUT2D eigenvalue weighted by atomic mass is 9.99. The minimum absolute atomic E-state index is 0.205. The molecule has 0 aliphatic carbocycles. The van der Waals surface area contributed by atoms with Gasteiger partial charge < -0.3 is 14.8 Å². The second-order valence-electron chi connectivity index (χ2n) is 5.67. The molecule has 0 radical (unpaired) electrons. The molecule has 26 heavy (non-hydrogen) atoms. The van der Waals surface area contributed by atoms with Gasteiger partial charge in [-0.05, 0) is 35.4 Å². The Morgan fingerprint density at radius 3 is 2.31 bits per heavy atom. The first kappa shape index (κ1) is 17.5. The monoisotopic (exact) mass is 348 g/mol. The van der Waals surface area contributed by atoms with E-state index in [-0.39, 0.29) is 11.9 Å². The van der Waals surface area contributed by atoms with Crippen molar-refractivity contribution in [2.45, 2.75) is 6.04 Å². The van der Waals surface area contributed by atoms with Crippen molar-refractivity contribution in [3.63, 3.8) is 0 Å². The fourth-order valence-corrected chi connectivity index (χ4v) is 2.74. The van der Waals surface area contributed by atoms with Crippen LogP contribution in [-0.4, -0.2) is 25.1 Å². The average molecular weight is 348 g/mol. The van der Waals surface area contributed by atoms with Crippen molar-refractivity contribution >= 4 is 5.91 Å². The fourth-order valence-electron chi connectivity index (χ4n) is 2.74. The summed E-state index contributed by atoms with van der Waals surface area (Å²) in [7, 11) is 3.10. The van der Waals surface area contributed by atoms with Crippen molar-refractivity contribution in [2.75, 3.05) is 14.2 Å². The van der Waals surface area contributed by atoms with Crippen molar-refractivity contribution in [1.29, 1.82) is 0 Å². The van der Waals surface area contributed by atoms with Crippen LogP contribution >= 0.6 is 0 Å². The SMILES string of the molecule is COc1ccc(C(=O)NC(c2ccccc2)c2cccnc2)cc1OC. The molecule has 0 aliphatic heterocycles. The maximum Gasteiger partial charge on any atom is 0.252 e. The first-order chi connectivity index (χ1) is 12.7. The Morgan fingerprint density at radius 1 is 0.923 bits per heavy atom. The second-order valence-corrected chi connectivity index (χ2v) is 5.67. The Bertz CT molecular complexity index is 827. The van der Waals surface area contributed by atoms with Crippen LogP contribution in [0.5, 0.6) is 11.5 Å². The first-order valence-corrected chi connectivity index (χ1v) is 8.20. The number of ether oxygens (including phenoxy) is 2. The highest BCUT2D eigenvalue weighted by atomic mass is 16.5. The number of rotatable bonds is 6. The van der Waals surface area contributed by atoms with Gasteiger partial charge in [0.15, 0.2) is 11.5 Å². The zero-order valence-electron chi connectivity index (χ0n) is 14.7. The summed E-state index contributed by atoms with van der Waals surface area (Å²) in [6.07, 6.45) is 3.47. The summed E-state index contributed by atoms with van der Waals surface area (Å²) in [5, 5.41) is 3.08. The molecule has 0 aliphatic rings. The highest BCUT2D eigenvalue weighted by Gasteiger charge is 2.19. The summed E-state index contributed by atoms with van der Waals surface area (Å²) in [6.45, 7) is 0. The maximum absolute atomic E-state index is 12.8. The molecular weight excluding hydrogens is 328 g/mol. The lowest BCUT2D eigenvalue weighted by molar-refractivity contribution is 0.0942. The molecule has 5 nitrogen and oxygen atoms in total. The van der Waals surface area contributed by atoms with Crippen molar-refractivity contribution in [3.8, 4) is 11.5 Å². The van der Waals surface area contributed by atoms with Gasteiger partial charge in [0.1, 0.15) is 0 Å². The molecule has 5 heteroatoms.